The van der Waals surface area contributed by atoms with Crippen LogP contribution in [-0.2, 0) is 59.2 Å². The average Bonchev–Trinajstić information content (AvgIpc) is 3.80. The number of hydrogen-bond acceptors (Lipinski definition) is 8. The van der Waals surface area contributed by atoms with Crippen LogP contribution in [0.5, 0.6) is 0 Å². The van der Waals surface area contributed by atoms with Gasteiger partial charge in [0, 0.05) is 42.7 Å². The Morgan fingerprint density at radius 3 is 1.90 bits per heavy atom. The number of thiophene rings is 1. The fourth-order valence-corrected chi connectivity index (χ4v) is 7.80. The standard InChI is InChI=1S/C48H50N6O8S/c1-30(48(61)62)49-45(58)39-28-33-16-21-36(22-17-33)50-42(55)24-25-43(56)51-41(29-37-13-8-26-63-37)47(60)54-40(27-32-14-19-35(20-15-32)34-11-6-3-7-12-34)46(59)52-38(44(57)53-39)23-18-31-9-4-2-5-10-31/h2-17,19-22,26,30,38-41H,18,23-25,27-29H2,1H3,(H,49,58)(H,50,55)(H,51,56)(H,52,59)(H,53,57)(H,54,60)(H,61,62)/t30-,38-,39+,40+,41-/m1/s1. The second kappa shape index (κ2) is 22.1. The van der Waals surface area contributed by atoms with E-state index < -0.39 is 71.6 Å². The molecule has 326 valence electrons. The zero-order chi connectivity index (χ0) is 44.7. The van der Waals surface area contributed by atoms with Crippen molar-refractivity contribution in [2.75, 3.05) is 5.32 Å². The Kier molecular flexibility index (Phi) is 15.9. The van der Waals surface area contributed by atoms with Gasteiger partial charge < -0.3 is 37.0 Å². The molecule has 4 aromatic carbocycles. The zero-order valence-electron chi connectivity index (χ0n) is 34.7. The number of carbonyl (C=O) groups excluding carboxylic acids is 6. The topological polar surface area (TPSA) is 212 Å². The largest absolute Gasteiger partial charge is 0.480 e. The number of fused-ring (bicyclic) bond motifs is 18. The van der Waals surface area contributed by atoms with E-state index in [1.165, 1.54) is 18.3 Å². The SMILES string of the molecule is C[C@@H](NC(=O)[C@@H]1Cc2ccc(cc2)NC(=O)CCC(=O)N[C@H](Cc2cccs2)C(=O)N[C@@H](Cc2ccc(-c3ccccc3)cc2)C(=O)N[C@H](CCc2ccccc2)C(=O)N1)C(=O)O. The zero-order valence-corrected chi connectivity index (χ0v) is 35.5. The summed E-state index contributed by atoms with van der Waals surface area (Å²) >= 11 is 1.40. The number of aliphatic carboxylic acids is 1. The molecule has 3 heterocycles. The summed E-state index contributed by atoms with van der Waals surface area (Å²) in [5.41, 5.74) is 4.51. The number of anilines is 1. The summed E-state index contributed by atoms with van der Waals surface area (Å²) in [6, 6.07) is 30.6. The molecule has 14 nitrogen and oxygen atoms in total. The van der Waals surface area contributed by atoms with E-state index in [1.54, 1.807) is 24.3 Å². The maximum atomic E-state index is 14.6. The van der Waals surface area contributed by atoms with E-state index in [4.69, 9.17) is 0 Å². The molecule has 0 spiro atoms. The third-order valence-corrected chi connectivity index (χ3v) is 11.5. The van der Waals surface area contributed by atoms with Gasteiger partial charge in [-0.05, 0) is 71.2 Å². The Hall–Kier alpha value is -7.13. The van der Waals surface area contributed by atoms with E-state index in [9.17, 15) is 38.7 Å². The molecule has 0 aliphatic carbocycles. The second-order valence-electron chi connectivity index (χ2n) is 15.4. The van der Waals surface area contributed by atoms with Gasteiger partial charge in [-0.2, -0.15) is 0 Å². The maximum absolute atomic E-state index is 14.6. The molecule has 2 bridgehead atoms. The summed E-state index contributed by atoms with van der Waals surface area (Å²) in [6.45, 7) is 1.30. The normalized spacial score (nSPS) is 19.5. The Morgan fingerprint density at radius 2 is 1.25 bits per heavy atom. The minimum absolute atomic E-state index is 0.00738. The summed E-state index contributed by atoms with van der Waals surface area (Å²) in [4.78, 5) is 95.7. The van der Waals surface area contributed by atoms with Gasteiger partial charge in [0.15, 0.2) is 0 Å². The monoisotopic (exact) mass is 870 g/mol. The molecule has 0 saturated carbocycles. The van der Waals surface area contributed by atoms with Crippen molar-refractivity contribution in [3.8, 4) is 11.1 Å². The van der Waals surface area contributed by atoms with E-state index in [2.05, 4.69) is 31.9 Å². The van der Waals surface area contributed by atoms with E-state index in [0.717, 1.165) is 21.6 Å². The smallest absolute Gasteiger partial charge is 0.325 e. The minimum Gasteiger partial charge on any atom is -0.480 e. The summed E-state index contributed by atoms with van der Waals surface area (Å²) in [5.74, 6) is -5.09. The highest BCUT2D eigenvalue weighted by Gasteiger charge is 2.33. The van der Waals surface area contributed by atoms with Gasteiger partial charge in [0.1, 0.15) is 30.2 Å². The predicted molar refractivity (Wildman–Crippen MR) is 239 cm³/mol. The van der Waals surface area contributed by atoms with Gasteiger partial charge in [0.25, 0.3) is 0 Å². The van der Waals surface area contributed by atoms with Crippen molar-refractivity contribution in [2.24, 2.45) is 0 Å². The molecule has 0 saturated heterocycles. The molecular weight excluding hydrogens is 821 g/mol. The fourth-order valence-electron chi connectivity index (χ4n) is 7.05. The van der Waals surface area contributed by atoms with Gasteiger partial charge in [0.2, 0.25) is 35.4 Å². The lowest BCUT2D eigenvalue weighted by Gasteiger charge is -2.27. The quantitative estimate of drug-likeness (QED) is 0.0948. The lowest BCUT2D eigenvalue weighted by molar-refractivity contribution is -0.141. The lowest BCUT2D eigenvalue weighted by atomic mass is 9.99. The van der Waals surface area contributed by atoms with Crippen LogP contribution in [0.25, 0.3) is 11.1 Å². The van der Waals surface area contributed by atoms with Crippen LogP contribution in [0, 0.1) is 0 Å². The van der Waals surface area contributed by atoms with Crippen LogP contribution in [0.1, 0.15) is 47.8 Å². The summed E-state index contributed by atoms with van der Waals surface area (Å²) in [6.07, 6.45) is 0.0868. The molecule has 0 fully saturated rings. The number of aryl methyl sites for hydroxylation is 1. The number of carboxylic acid groups (broad SMARTS) is 1. The number of benzene rings is 4. The Bertz CT molecular complexity index is 2360. The van der Waals surface area contributed by atoms with Crippen LogP contribution in [0.3, 0.4) is 0 Å². The fraction of sp³-hybridized carbons (Fsp3) is 0.271. The molecule has 0 radical (unpaired) electrons. The van der Waals surface area contributed by atoms with Crippen LogP contribution in [-0.4, -0.2) is 76.7 Å². The van der Waals surface area contributed by atoms with Crippen LogP contribution in [0.15, 0.2) is 127 Å². The highest BCUT2D eigenvalue weighted by atomic mass is 32.1. The van der Waals surface area contributed by atoms with Crippen molar-refractivity contribution < 1.29 is 38.7 Å². The average molecular weight is 871 g/mol. The number of carboxylic acids is 1. The summed E-state index contributed by atoms with van der Waals surface area (Å²) in [7, 11) is 0. The van der Waals surface area contributed by atoms with Gasteiger partial charge in [-0.3, -0.25) is 33.6 Å². The van der Waals surface area contributed by atoms with Crippen molar-refractivity contribution in [2.45, 2.75) is 82.1 Å². The van der Waals surface area contributed by atoms with Crippen molar-refractivity contribution in [3.05, 3.63) is 148 Å². The van der Waals surface area contributed by atoms with Crippen LogP contribution in [0.2, 0.25) is 0 Å². The van der Waals surface area contributed by atoms with Crippen molar-refractivity contribution >= 4 is 58.4 Å². The Labute approximate surface area is 369 Å². The Balaban J connectivity index is 1.36. The molecule has 0 unspecified atom stereocenters. The first-order valence-corrected chi connectivity index (χ1v) is 21.6. The van der Waals surface area contributed by atoms with Crippen molar-refractivity contribution in [1.82, 2.24) is 26.6 Å². The molecular formula is C48H50N6O8S. The van der Waals surface area contributed by atoms with E-state index in [1.807, 2.05) is 102 Å². The number of nitrogens with one attached hydrogen (secondary N) is 6. The Morgan fingerprint density at radius 1 is 0.651 bits per heavy atom. The first-order valence-electron chi connectivity index (χ1n) is 20.7. The number of rotatable bonds is 11. The maximum Gasteiger partial charge on any atom is 0.325 e. The van der Waals surface area contributed by atoms with Gasteiger partial charge in [-0.1, -0.05) is 103 Å². The van der Waals surface area contributed by atoms with Gasteiger partial charge >= 0.3 is 5.97 Å². The number of amides is 6. The highest BCUT2D eigenvalue weighted by molar-refractivity contribution is 7.09. The molecule has 2 aliphatic heterocycles. The third-order valence-electron chi connectivity index (χ3n) is 10.6. The van der Waals surface area contributed by atoms with E-state index in [-0.39, 0.29) is 38.5 Å². The minimum atomic E-state index is -1.28. The molecule has 6 amide bonds. The van der Waals surface area contributed by atoms with Crippen molar-refractivity contribution in [3.63, 3.8) is 0 Å². The number of carbonyl (C=O) groups is 7. The van der Waals surface area contributed by atoms with Crippen LogP contribution < -0.4 is 31.9 Å². The molecule has 1 aromatic heterocycles. The van der Waals surface area contributed by atoms with Gasteiger partial charge in [0.05, 0.1) is 0 Å². The third kappa shape index (κ3) is 13.7. The molecule has 7 rings (SSSR count). The number of hydrogen-bond donors (Lipinski definition) is 7. The first-order chi connectivity index (χ1) is 30.4. The van der Waals surface area contributed by atoms with E-state index >= 15 is 0 Å². The lowest BCUT2D eigenvalue weighted by Crippen LogP contribution is -2.59. The summed E-state index contributed by atoms with van der Waals surface area (Å²) < 4.78 is 0. The molecule has 2 aliphatic rings. The molecule has 5 atom stereocenters. The van der Waals surface area contributed by atoms with E-state index in [0.29, 0.717) is 23.2 Å². The van der Waals surface area contributed by atoms with Crippen molar-refractivity contribution in [1.29, 1.82) is 0 Å². The molecule has 63 heavy (non-hydrogen) atoms. The van der Waals surface area contributed by atoms with Crippen LogP contribution >= 0.6 is 11.3 Å². The predicted octanol–water partition coefficient (Wildman–Crippen LogP) is 4.34. The molecule has 5 aromatic rings. The summed E-state index contributed by atoms with van der Waals surface area (Å²) in [5, 5.41) is 27.8. The molecule has 7 N–H and O–H groups in total. The first kappa shape index (κ1) is 45.4. The van der Waals surface area contributed by atoms with Crippen LogP contribution in [0.4, 0.5) is 5.69 Å². The highest BCUT2D eigenvalue weighted by Crippen LogP contribution is 2.21. The van der Waals surface area contributed by atoms with Gasteiger partial charge in [-0.25, -0.2) is 0 Å². The molecule has 15 heteroatoms. The second-order valence-corrected chi connectivity index (χ2v) is 16.4. The van der Waals surface area contributed by atoms with Gasteiger partial charge in [-0.15, -0.1) is 11.3 Å².